The molecule has 1 aromatic carbocycles. The molecule has 0 heterocycles. The lowest BCUT2D eigenvalue weighted by Gasteiger charge is -2.12. The molecule has 0 radical (unpaired) electrons. The molecular formula is C13H18O3. The molecule has 1 rings (SSSR count). The summed E-state index contributed by atoms with van der Waals surface area (Å²) in [5.41, 5.74) is 1.09. The Balaban J connectivity index is 2.73. The van der Waals surface area contributed by atoms with E-state index in [4.69, 9.17) is 9.47 Å². The first-order valence-corrected chi connectivity index (χ1v) is 5.42. The van der Waals surface area contributed by atoms with E-state index in [9.17, 15) is 4.79 Å². The minimum absolute atomic E-state index is 0.0721. The summed E-state index contributed by atoms with van der Waals surface area (Å²) in [6.45, 7) is 1.99. The molecule has 0 N–H and O–H groups in total. The number of hydrogen-bond donors (Lipinski definition) is 0. The molecule has 3 heteroatoms. The maximum Gasteiger partial charge on any atom is 0.308 e. The molecule has 0 aromatic heterocycles. The molecule has 88 valence electrons. The lowest BCUT2D eigenvalue weighted by Crippen LogP contribution is -2.17. The second-order valence-corrected chi connectivity index (χ2v) is 3.68. The van der Waals surface area contributed by atoms with E-state index in [0.29, 0.717) is 6.42 Å². The zero-order valence-electron chi connectivity index (χ0n) is 10.0. The quantitative estimate of drug-likeness (QED) is 0.718. The third-order valence-electron chi connectivity index (χ3n) is 2.64. The fraction of sp³-hybridized carbons (Fsp3) is 0.462. The van der Waals surface area contributed by atoms with Crippen LogP contribution in [0.25, 0.3) is 0 Å². The maximum atomic E-state index is 11.4. The van der Waals surface area contributed by atoms with Crippen LogP contribution in [-0.2, 0) is 16.0 Å². The van der Waals surface area contributed by atoms with Gasteiger partial charge < -0.3 is 9.47 Å². The van der Waals surface area contributed by atoms with Crippen LogP contribution >= 0.6 is 0 Å². The molecule has 0 aliphatic rings. The first kappa shape index (κ1) is 12.6. The fourth-order valence-electron chi connectivity index (χ4n) is 1.64. The molecule has 16 heavy (non-hydrogen) atoms. The van der Waals surface area contributed by atoms with Crippen molar-refractivity contribution >= 4 is 5.97 Å². The van der Waals surface area contributed by atoms with Crippen molar-refractivity contribution in [3.8, 4) is 5.75 Å². The predicted molar refractivity (Wildman–Crippen MR) is 62.5 cm³/mol. The van der Waals surface area contributed by atoms with Gasteiger partial charge in [-0.1, -0.05) is 19.1 Å². The Bertz CT molecular complexity index is 347. The average Bonchev–Trinajstić information content (AvgIpc) is 2.35. The Hall–Kier alpha value is -1.51. The topological polar surface area (TPSA) is 35.5 Å². The van der Waals surface area contributed by atoms with Gasteiger partial charge in [0.25, 0.3) is 0 Å². The normalized spacial score (nSPS) is 11.9. The van der Waals surface area contributed by atoms with Crippen LogP contribution in [0.15, 0.2) is 24.3 Å². The van der Waals surface area contributed by atoms with E-state index < -0.39 is 0 Å². The van der Waals surface area contributed by atoms with E-state index in [0.717, 1.165) is 17.7 Å². The molecule has 3 nitrogen and oxygen atoms in total. The number of ether oxygens (including phenoxy) is 2. The number of esters is 1. The molecule has 0 saturated heterocycles. The van der Waals surface area contributed by atoms with E-state index in [1.54, 1.807) is 7.11 Å². The SMILES string of the molecule is CC[C@H](Cc1cccc(OC)c1)C(=O)OC. The number of rotatable bonds is 5. The van der Waals surface area contributed by atoms with Gasteiger partial charge in [0.05, 0.1) is 20.1 Å². The van der Waals surface area contributed by atoms with E-state index in [-0.39, 0.29) is 11.9 Å². The van der Waals surface area contributed by atoms with Crippen molar-refractivity contribution in [3.05, 3.63) is 29.8 Å². The first-order valence-electron chi connectivity index (χ1n) is 5.42. The van der Waals surface area contributed by atoms with Gasteiger partial charge in [0.15, 0.2) is 0 Å². The van der Waals surface area contributed by atoms with Crippen LogP contribution in [-0.4, -0.2) is 20.2 Å². The van der Waals surface area contributed by atoms with Crippen LogP contribution in [0.5, 0.6) is 5.75 Å². The zero-order valence-corrected chi connectivity index (χ0v) is 10.0. The van der Waals surface area contributed by atoms with Gasteiger partial charge >= 0.3 is 5.97 Å². The third-order valence-corrected chi connectivity index (χ3v) is 2.64. The van der Waals surface area contributed by atoms with Crippen molar-refractivity contribution in [1.29, 1.82) is 0 Å². The lowest BCUT2D eigenvalue weighted by atomic mass is 9.97. The van der Waals surface area contributed by atoms with Crippen molar-refractivity contribution in [3.63, 3.8) is 0 Å². The first-order chi connectivity index (χ1) is 7.71. The monoisotopic (exact) mass is 222 g/mol. The number of carbonyl (C=O) groups is 1. The van der Waals surface area contributed by atoms with Gasteiger partial charge in [-0.2, -0.15) is 0 Å². The molecule has 0 spiro atoms. The summed E-state index contributed by atoms with van der Waals surface area (Å²) in [6, 6.07) is 7.76. The van der Waals surface area contributed by atoms with Crippen molar-refractivity contribution < 1.29 is 14.3 Å². The molecule has 0 fully saturated rings. The summed E-state index contributed by atoms with van der Waals surface area (Å²) in [5.74, 6) is 0.597. The summed E-state index contributed by atoms with van der Waals surface area (Å²) >= 11 is 0. The molecule has 0 saturated carbocycles. The molecular weight excluding hydrogens is 204 g/mol. The highest BCUT2D eigenvalue weighted by atomic mass is 16.5. The fourth-order valence-corrected chi connectivity index (χ4v) is 1.64. The summed E-state index contributed by atoms with van der Waals surface area (Å²) in [5, 5.41) is 0. The molecule has 0 amide bonds. The van der Waals surface area contributed by atoms with Gasteiger partial charge in [-0.05, 0) is 30.5 Å². The van der Waals surface area contributed by atoms with E-state index in [1.165, 1.54) is 7.11 Å². The summed E-state index contributed by atoms with van der Waals surface area (Å²) in [4.78, 5) is 11.4. The number of carbonyl (C=O) groups excluding carboxylic acids is 1. The molecule has 1 atom stereocenters. The molecule has 0 bridgehead atoms. The predicted octanol–water partition coefficient (Wildman–Crippen LogP) is 2.44. The van der Waals surface area contributed by atoms with Crippen LogP contribution < -0.4 is 4.74 Å². The van der Waals surface area contributed by atoms with Crippen LogP contribution in [0.4, 0.5) is 0 Å². The van der Waals surface area contributed by atoms with Crippen molar-refractivity contribution in [2.24, 2.45) is 5.92 Å². The van der Waals surface area contributed by atoms with Gasteiger partial charge in [0.1, 0.15) is 5.75 Å². The molecule has 1 aromatic rings. The van der Waals surface area contributed by atoms with Gasteiger partial charge in [0.2, 0.25) is 0 Å². The average molecular weight is 222 g/mol. The maximum absolute atomic E-state index is 11.4. The highest BCUT2D eigenvalue weighted by molar-refractivity contribution is 5.72. The van der Waals surface area contributed by atoms with Crippen LogP contribution in [0, 0.1) is 5.92 Å². The molecule has 0 unspecified atom stereocenters. The summed E-state index contributed by atoms with van der Waals surface area (Å²) < 4.78 is 9.90. The Labute approximate surface area is 96.4 Å². The van der Waals surface area contributed by atoms with Crippen LogP contribution in [0.1, 0.15) is 18.9 Å². The van der Waals surface area contributed by atoms with Gasteiger partial charge in [0, 0.05) is 0 Å². The second-order valence-electron chi connectivity index (χ2n) is 3.68. The molecule has 0 aliphatic carbocycles. The second kappa shape index (κ2) is 6.16. The van der Waals surface area contributed by atoms with Crippen molar-refractivity contribution in [1.82, 2.24) is 0 Å². The Kier molecular flexibility index (Phi) is 4.83. The minimum Gasteiger partial charge on any atom is -0.497 e. The third kappa shape index (κ3) is 3.26. The standard InChI is InChI=1S/C13H18O3/c1-4-11(13(14)16-3)8-10-6-5-7-12(9-10)15-2/h5-7,9,11H,4,8H2,1-3H3/t11-/m1/s1. The lowest BCUT2D eigenvalue weighted by molar-refractivity contribution is -0.145. The van der Waals surface area contributed by atoms with Crippen molar-refractivity contribution in [2.75, 3.05) is 14.2 Å². The Morgan fingerprint density at radius 2 is 2.12 bits per heavy atom. The van der Waals surface area contributed by atoms with E-state index in [1.807, 2.05) is 31.2 Å². The Morgan fingerprint density at radius 3 is 2.69 bits per heavy atom. The minimum atomic E-state index is -0.148. The zero-order chi connectivity index (χ0) is 12.0. The number of benzene rings is 1. The van der Waals surface area contributed by atoms with Gasteiger partial charge in [-0.15, -0.1) is 0 Å². The van der Waals surface area contributed by atoms with Crippen LogP contribution in [0.2, 0.25) is 0 Å². The smallest absolute Gasteiger partial charge is 0.308 e. The summed E-state index contributed by atoms with van der Waals surface area (Å²) in [6.07, 6.45) is 1.48. The number of methoxy groups -OCH3 is 2. The van der Waals surface area contributed by atoms with Gasteiger partial charge in [-0.3, -0.25) is 4.79 Å². The summed E-state index contributed by atoms with van der Waals surface area (Å²) in [7, 11) is 3.06. The molecule has 0 aliphatic heterocycles. The number of hydrogen-bond acceptors (Lipinski definition) is 3. The largest absolute Gasteiger partial charge is 0.497 e. The Morgan fingerprint density at radius 1 is 1.38 bits per heavy atom. The van der Waals surface area contributed by atoms with Crippen molar-refractivity contribution in [2.45, 2.75) is 19.8 Å². The highest BCUT2D eigenvalue weighted by Gasteiger charge is 2.17. The highest BCUT2D eigenvalue weighted by Crippen LogP contribution is 2.18. The van der Waals surface area contributed by atoms with Gasteiger partial charge in [-0.25, -0.2) is 0 Å². The van der Waals surface area contributed by atoms with E-state index in [2.05, 4.69) is 0 Å². The van der Waals surface area contributed by atoms with Crippen LogP contribution in [0.3, 0.4) is 0 Å². The van der Waals surface area contributed by atoms with E-state index >= 15 is 0 Å².